The molecule has 1 rings (SSSR count). The average molecular weight is 222 g/mol. The summed E-state index contributed by atoms with van der Waals surface area (Å²) in [6.07, 6.45) is 4.19. The summed E-state index contributed by atoms with van der Waals surface area (Å²) in [6, 6.07) is 3.18. The number of hydrogen-bond donors (Lipinski definition) is 2. The van der Waals surface area contributed by atoms with Gasteiger partial charge in [0.25, 0.3) is 0 Å². The molecule has 0 saturated carbocycles. The number of carboxylic acid groups (broad SMARTS) is 1. The van der Waals surface area contributed by atoms with Gasteiger partial charge in [-0.2, -0.15) is 0 Å². The SMILES string of the molecule is CCCCC(Nc1cc(C)ccn1)C(=O)O. The van der Waals surface area contributed by atoms with Gasteiger partial charge < -0.3 is 10.4 Å². The van der Waals surface area contributed by atoms with Crippen molar-refractivity contribution in [2.24, 2.45) is 0 Å². The number of carboxylic acids is 1. The lowest BCUT2D eigenvalue weighted by Crippen LogP contribution is -2.29. The number of aryl methyl sites for hydroxylation is 1. The number of aromatic nitrogens is 1. The maximum atomic E-state index is 11.0. The van der Waals surface area contributed by atoms with Crippen LogP contribution in [0.25, 0.3) is 0 Å². The summed E-state index contributed by atoms with van der Waals surface area (Å²) < 4.78 is 0. The van der Waals surface area contributed by atoms with Crippen LogP contribution in [-0.2, 0) is 4.79 Å². The lowest BCUT2D eigenvalue weighted by Gasteiger charge is -2.14. The number of unbranched alkanes of at least 4 members (excludes halogenated alkanes) is 1. The Kier molecular flexibility index (Phi) is 4.76. The molecule has 0 amide bonds. The van der Waals surface area contributed by atoms with Crippen LogP contribution in [0.5, 0.6) is 0 Å². The molecule has 0 fully saturated rings. The molecular formula is C12H18N2O2. The lowest BCUT2D eigenvalue weighted by molar-refractivity contribution is -0.138. The highest BCUT2D eigenvalue weighted by Gasteiger charge is 2.16. The van der Waals surface area contributed by atoms with Crippen LogP contribution in [-0.4, -0.2) is 22.1 Å². The topological polar surface area (TPSA) is 62.2 Å². The highest BCUT2D eigenvalue weighted by molar-refractivity contribution is 5.76. The molecule has 1 aromatic rings. The molecule has 1 heterocycles. The van der Waals surface area contributed by atoms with E-state index in [0.29, 0.717) is 12.2 Å². The van der Waals surface area contributed by atoms with Crippen LogP contribution in [0.15, 0.2) is 18.3 Å². The van der Waals surface area contributed by atoms with Gasteiger partial charge >= 0.3 is 5.97 Å². The molecule has 0 aliphatic carbocycles. The third-order valence-corrected chi connectivity index (χ3v) is 2.38. The molecule has 0 bridgehead atoms. The Morgan fingerprint density at radius 2 is 2.38 bits per heavy atom. The van der Waals surface area contributed by atoms with Crippen LogP contribution in [0.2, 0.25) is 0 Å². The maximum Gasteiger partial charge on any atom is 0.326 e. The minimum absolute atomic E-state index is 0.547. The summed E-state index contributed by atoms with van der Waals surface area (Å²) in [7, 11) is 0. The van der Waals surface area contributed by atoms with E-state index in [1.54, 1.807) is 6.20 Å². The fraction of sp³-hybridized carbons (Fsp3) is 0.500. The molecule has 16 heavy (non-hydrogen) atoms. The third kappa shape index (κ3) is 3.88. The van der Waals surface area contributed by atoms with Crippen LogP contribution in [0.4, 0.5) is 5.82 Å². The number of rotatable bonds is 6. The van der Waals surface area contributed by atoms with Crippen molar-refractivity contribution in [3.63, 3.8) is 0 Å². The van der Waals surface area contributed by atoms with Gasteiger partial charge in [-0.1, -0.05) is 19.8 Å². The number of aliphatic carboxylic acids is 1. The van der Waals surface area contributed by atoms with Gasteiger partial charge in [0.2, 0.25) is 0 Å². The molecular weight excluding hydrogens is 204 g/mol. The van der Waals surface area contributed by atoms with Crippen molar-refractivity contribution in [3.05, 3.63) is 23.9 Å². The number of pyridine rings is 1. The quantitative estimate of drug-likeness (QED) is 0.776. The van der Waals surface area contributed by atoms with Crippen LogP contribution < -0.4 is 5.32 Å². The van der Waals surface area contributed by atoms with Crippen molar-refractivity contribution >= 4 is 11.8 Å². The first-order chi connectivity index (χ1) is 7.63. The van der Waals surface area contributed by atoms with Crippen molar-refractivity contribution in [3.8, 4) is 0 Å². The monoisotopic (exact) mass is 222 g/mol. The number of hydrogen-bond acceptors (Lipinski definition) is 3. The number of nitrogens with one attached hydrogen (secondary N) is 1. The molecule has 1 aromatic heterocycles. The Balaban J connectivity index is 2.64. The second-order valence-electron chi connectivity index (χ2n) is 3.90. The van der Waals surface area contributed by atoms with E-state index in [4.69, 9.17) is 5.11 Å². The van der Waals surface area contributed by atoms with Gasteiger partial charge in [-0.05, 0) is 31.0 Å². The van der Waals surface area contributed by atoms with Gasteiger partial charge in [0.05, 0.1) is 0 Å². The fourth-order valence-electron chi connectivity index (χ4n) is 1.46. The van der Waals surface area contributed by atoms with Gasteiger partial charge in [0, 0.05) is 6.20 Å². The van der Waals surface area contributed by atoms with E-state index in [0.717, 1.165) is 18.4 Å². The molecule has 0 aromatic carbocycles. The smallest absolute Gasteiger partial charge is 0.326 e. The van der Waals surface area contributed by atoms with Gasteiger partial charge in [-0.25, -0.2) is 9.78 Å². The summed E-state index contributed by atoms with van der Waals surface area (Å²) in [5, 5.41) is 12.0. The number of nitrogens with zero attached hydrogens (tertiary/aromatic N) is 1. The lowest BCUT2D eigenvalue weighted by atomic mass is 10.1. The summed E-state index contributed by atoms with van der Waals surface area (Å²) in [5.74, 6) is -0.194. The minimum Gasteiger partial charge on any atom is -0.480 e. The van der Waals surface area contributed by atoms with Crippen LogP contribution in [0, 0.1) is 6.92 Å². The van der Waals surface area contributed by atoms with Gasteiger partial charge in [-0.3, -0.25) is 0 Å². The average Bonchev–Trinajstić information content (AvgIpc) is 2.24. The van der Waals surface area contributed by atoms with Gasteiger partial charge in [-0.15, -0.1) is 0 Å². The second kappa shape index (κ2) is 6.10. The number of anilines is 1. The zero-order valence-electron chi connectivity index (χ0n) is 9.73. The first kappa shape index (κ1) is 12.5. The molecule has 0 aliphatic rings. The summed E-state index contributed by atoms with van der Waals surface area (Å²) >= 11 is 0. The Labute approximate surface area is 95.7 Å². The van der Waals surface area contributed by atoms with Gasteiger partial charge in [0.1, 0.15) is 11.9 Å². The fourth-order valence-corrected chi connectivity index (χ4v) is 1.46. The van der Waals surface area contributed by atoms with E-state index in [1.165, 1.54) is 0 Å². The van der Waals surface area contributed by atoms with E-state index in [9.17, 15) is 4.79 Å². The first-order valence-electron chi connectivity index (χ1n) is 5.55. The molecule has 88 valence electrons. The van der Waals surface area contributed by atoms with Crippen molar-refractivity contribution in [2.45, 2.75) is 39.2 Å². The van der Waals surface area contributed by atoms with Crippen molar-refractivity contribution in [2.75, 3.05) is 5.32 Å². The zero-order valence-corrected chi connectivity index (χ0v) is 9.73. The van der Waals surface area contributed by atoms with E-state index < -0.39 is 12.0 Å². The first-order valence-corrected chi connectivity index (χ1v) is 5.55. The predicted molar refractivity (Wildman–Crippen MR) is 63.5 cm³/mol. The highest BCUT2D eigenvalue weighted by atomic mass is 16.4. The molecule has 1 atom stereocenters. The van der Waals surface area contributed by atoms with Crippen LogP contribution in [0.1, 0.15) is 31.7 Å². The molecule has 0 saturated heterocycles. The van der Waals surface area contributed by atoms with E-state index in [2.05, 4.69) is 10.3 Å². The summed E-state index contributed by atoms with van der Waals surface area (Å²) in [5.41, 5.74) is 1.07. The summed E-state index contributed by atoms with van der Waals surface area (Å²) in [4.78, 5) is 15.1. The Hall–Kier alpha value is -1.58. The van der Waals surface area contributed by atoms with Crippen LogP contribution >= 0.6 is 0 Å². The Bertz CT molecular complexity index is 353. The molecule has 0 radical (unpaired) electrons. The minimum atomic E-state index is -0.822. The van der Waals surface area contributed by atoms with Gasteiger partial charge in [0.15, 0.2) is 0 Å². The predicted octanol–water partition coefficient (Wildman–Crippen LogP) is 2.45. The van der Waals surface area contributed by atoms with E-state index >= 15 is 0 Å². The number of carbonyl (C=O) groups is 1. The third-order valence-electron chi connectivity index (χ3n) is 2.38. The second-order valence-corrected chi connectivity index (χ2v) is 3.90. The van der Waals surface area contributed by atoms with Crippen molar-refractivity contribution in [1.29, 1.82) is 0 Å². The normalized spacial score (nSPS) is 12.1. The van der Waals surface area contributed by atoms with Crippen molar-refractivity contribution < 1.29 is 9.90 Å². The largest absolute Gasteiger partial charge is 0.480 e. The highest BCUT2D eigenvalue weighted by Crippen LogP contribution is 2.10. The molecule has 0 aliphatic heterocycles. The molecule has 0 spiro atoms. The standard InChI is InChI=1S/C12H18N2O2/c1-3-4-5-10(12(15)16)14-11-8-9(2)6-7-13-11/h6-8,10H,3-5H2,1-2H3,(H,13,14)(H,15,16). The summed E-state index contributed by atoms with van der Waals surface area (Å²) in [6.45, 7) is 4.00. The Morgan fingerprint density at radius 3 is 2.94 bits per heavy atom. The van der Waals surface area contributed by atoms with Crippen LogP contribution in [0.3, 0.4) is 0 Å². The zero-order chi connectivity index (χ0) is 12.0. The van der Waals surface area contributed by atoms with Crippen molar-refractivity contribution in [1.82, 2.24) is 4.98 Å². The maximum absolute atomic E-state index is 11.0. The molecule has 4 heteroatoms. The molecule has 4 nitrogen and oxygen atoms in total. The molecule has 2 N–H and O–H groups in total. The molecule has 1 unspecified atom stereocenters. The van der Waals surface area contributed by atoms with E-state index in [1.807, 2.05) is 26.0 Å². The Morgan fingerprint density at radius 1 is 1.62 bits per heavy atom. The van der Waals surface area contributed by atoms with E-state index in [-0.39, 0.29) is 0 Å².